The van der Waals surface area contributed by atoms with Crippen LogP contribution in [0.5, 0.6) is 0 Å². The molecule has 2 nitrogen and oxygen atoms in total. The summed E-state index contributed by atoms with van der Waals surface area (Å²) in [6.45, 7) is 4.29. The smallest absolute Gasteiger partial charge is 0.0622 e. The first-order valence-corrected chi connectivity index (χ1v) is 6.36. The van der Waals surface area contributed by atoms with Crippen molar-refractivity contribution in [2.24, 2.45) is 11.7 Å². The van der Waals surface area contributed by atoms with Crippen LogP contribution in [0.2, 0.25) is 0 Å². The summed E-state index contributed by atoms with van der Waals surface area (Å²) in [5.41, 5.74) is 6.23. The molecule has 0 spiro atoms. The van der Waals surface area contributed by atoms with Crippen molar-refractivity contribution < 1.29 is 4.74 Å². The van der Waals surface area contributed by atoms with Gasteiger partial charge < -0.3 is 10.5 Å². The summed E-state index contributed by atoms with van der Waals surface area (Å²) in [5.74, 6) is 0.802. The zero-order valence-corrected chi connectivity index (χ0v) is 10.6. The van der Waals surface area contributed by atoms with Crippen molar-refractivity contribution in [3.63, 3.8) is 0 Å². The van der Waals surface area contributed by atoms with Gasteiger partial charge in [0.1, 0.15) is 0 Å². The van der Waals surface area contributed by atoms with E-state index in [1.165, 1.54) is 32.1 Å². The number of hydrogen-bond donors (Lipinski definition) is 1. The maximum atomic E-state index is 6.21. The van der Waals surface area contributed by atoms with Gasteiger partial charge in [0.05, 0.1) is 5.60 Å². The molecule has 0 heterocycles. The Morgan fingerprint density at radius 1 is 1.33 bits per heavy atom. The van der Waals surface area contributed by atoms with Crippen LogP contribution in [0.1, 0.15) is 58.8 Å². The molecule has 0 radical (unpaired) electrons. The van der Waals surface area contributed by atoms with Gasteiger partial charge in [0.2, 0.25) is 0 Å². The van der Waals surface area contributed by atoms with E-state index in [0.29, 0.717) is 6.04 Å². The largest absolute Gasteiger partial charge is 0.379 e. The molecule has 1 rings (SSSR count). The second-order valence-electron chi connectivity index (χ2n) is 5.56. The summed E-state index contributed by atoms with van der Waals surface area (Å²) in [6.07, 6.45) is 8.97. The fourth-order valence-corrected chi connectivity index (χ4v) is 2.49. The highest BCUT2D eigenvalue weighted by molar-refractivity contribution is 4.79. The number of rotatable bonds is 6. The fourth-order valence-electron chi connectivity index (χ4n) is 2.49. The van der Waals surface area contributed by atoms with E-state index in [-0.39, 0.29) is 5.60 Å². The molecule has 2 heteroatoms. The molecule has 1 aliphatic carbocycles. The van der Waals surface area contributed by atoms with Gasteiger partial charge in [-0.15, -0.1) is 0 Å². The van der Waals surface area contributed by atoms with Crippen LogP contribution >= 0.6 is 0 Å². The molecule has 1 aliphatic rings. The molecule has 1 fully saturated rings. The van der Waals surface area contributed by atoms with Gasteiger partial charge in [0.15, 0.2) is 0 Å². The molecule has 0 bridgehead atoms. The summed E-state index contributed by atoms with van der Waals surface area (Å²) in [6, 6.07) is 0.431. The third kappa shape index (κ3) is 4.52. The molecule has 0 aromatic carbocycles. The van der Waals surface area contributed by atoms with Gasteiger partial charge in [0.25, 0.3) is 0 Å². The SMILES string of the molecule is COC(C)(C)CCCC(N)C1CCCC1. The first-order chi connectivity index (χ1) is 7.05. The predicted octanol–water partition coefficient (Wildman–Crippen LogP) is 3.10. The van der Waals surface area contributed by atoms with E-state index in [0.717, 1.165) is 18.8 Å². The van der Waals surface area contributed by atoms with Gasteiger partial charge >= 0.3 is 0 Å². The van der Waals surface area contributed by atoms with Crippen molar-refractivity contribution in [1.29, 1.82) is 0 Å². The van der Waals surface area contributed by atoms with E-state index in [1.54, 1.807) is 7.11 Å². The van der Waals surface area contributed by atoms with E-state index >= 15 is 0 Å². The van der Waals surface area contributed by atoms with E-state index in [4.69, 9.17) is 10.5 Å². The van der Waals surface area contributed by atoms with Crippen molar-refractivity contribution in [3.8, 4) is 0 Å². The molecular formula is C13H27NO. The molecule has 90 valence electrons. The average Bonchev–Trinajstić information content (AvgIpc) is 2.70. The number of hydrogen-bond acceptors (Lipinski definition) is 2. The summed E-state index contributed by atoms with van der Waals surface area (Å²) in [7, 11) is 1.79. The van der Waals surface area contributed by atoms with Gasteiger partial charge in [0, 0.05) is 13.2 Å². The lowest BCUT2D eigenvalue weighted by Crippen LogP contribution is -2.29. The first-order valence-electron chi connectivity index (χ1n) is 6.36. The molecule has 0 aromatic rings. The minimum atomic E-state index is 0.0232. The Labute approximate surface area is 94.6 Å². The first kappa shape index (κ1) is 13.0. The lowest BCUT2D eigenvalue weighted by atomic mass is 9.92. The fraction of sp³-hybridized carbons (Fsp3) is 1.00. The molecule has 2 N–H and O–H groups in total. The van der Waals surface area contributed by atoms with Gasteiger partial charge in [-0.1, -0.05) is 12.8 Å². The van der Waals surface area contributed by atoms with Crippen LogP contribution in [-0.4, -0.2) is 18.8 Å². The van der Waals surface area contributed by atoms with Crippen molar-refractivity contribution in [1.82, 2.24) is 0 Å². The Bertz CT molecular complexity index is 173. The van der Waals surface area contributed by atoms with Crippen molar-refractivity contribution in [3.05, 3.63) is 0 Å². The number of methoxy groups -OCH3 is 1. The zero-order valence-electron chi connectivity index (χ0n) is 10.6. The molecule has 0 saturated heterocycles. The Balaban J connectivity index is 2.13. The lowest BCUT2D eigenvalue weighted by molar-refractivity contribution is 0.0129. The molecule has 0 amide bonds. The van der Waals surface area contributed by atoms with Crippen LogP contribution in [0.4, 0.5) is 0 Å². The molecular weight excluding hydrogens is 186 g/mol. The lowest BCUT2D eigenvalue weighted by Gasteiger charge is -2.24. The number of nitrogens with two attached hydrogens (primary N) is 1. The third-order valence-corrected chi connectivity index (χ3v) is 3.87. The van der Waals surface area contributed by atoms with E-state index in [1.807, 2.05) is 0 Å². The van der Waals surface area contributed by atoms with Gasteiger partial charge in [-0.2, -0.15) is 0 Å². The van der Waals surface area contributed by atoms with Crippen molar-refractivity contribution >= 4 is 0 Å². The molecule has 0 aliphatic heterocycles. The maximum absolute atomic E-state index is 6.21. The van der Waals surface area contributed by atoms with Crippen LogP contribution in [0, 0.1) is 5.92 Å². The predicted molar refractivity (Wildman–Crippen MR) is 64.9 cm³/mol. The quantitative estimate of drug-likeness (QED) is 0.736. The van der Waals surface area contributed by atoms with Crippen LogP contribution < -0.4 is 5.73 Å². The van der Waals surface area contributed by atoms with Crippen LogP contribution in [0.25, 0.3) is 0 Å². The molecule has 1 atom stereocenters. The van der Waals surface area contributed by atoms with Gasteiger partial charge in [-0.05, 0) is 51.9 Å². The van der Waals surface area contributed by atoms with Gasteiger partial charge in [-0.25, -0.2) is 0 Å². The van der Waals surface area contributed by atoms with E-state index in [2.05, 4.69) is 13.8 Å². The molecule has 1 saturated carbocycles. The van der Waals surface area contributed by atoms with Crippen LogP contribution in [-0.2, 0) is 4.74 Å². The summed E-state index contributed by atoms with van der Waals surface area (Å²) < 4.78 is 5.40. The maximum Gasteiger partial charge on any atom is 0.0622 e. The second kappa shape index (κ2) is 5.86. The summed E-state index contributed by atoms with van der Waals surface area (Å²) >= 11 is 0. The molecule has 1 unspecified atom stereocenters. The standard InChI is InChI=1S/C13H27NO/c1-13(2,15-3)10-6-9-12(14)11-7-4-5-8-11/h11-12H,4-10,14H2,1-3H3. The Morgan fingerprint density at radius 2 is 1.93 bits per heavy atom. The van der Waals surface area contributed by atoms with E-state index < -0.39 is 0 Å². The Kier molecular flexibility index (Phi) is 5.07. The number of ether oxygens (including phenoxy) is 1. The normalized spacial score (nSPS) is 20.8. The zero-order chi connectivity index (χ0) is 11.3. The van der Waals surface area contributed by atoms with Crippen LogP contribution in [0.3, 0.4) is 0 Å². The second-order valence-corrected chi connectivity index (χ2v) is 5.56. The van der Waals surface area contributed by atoms with Crippen LogP contribution in [0.15, 0.2) is 0 Å². The highest BCUT2D eigenvalue weighted by atomic mass is 16.5. The summed E-state index contributed by atoms with van der Waals surface area (Å²) in [4.78, 5) is 0. The Hall–Kier alpha value is -0.0800. The summed E-state index contributed by atoms with van der Waals surface area (Å²) in [5, 5.41) is 0. The Morgan fingerprint density at radius 3 is 2.47 bits per heavy atom. The average molecular weight is 213 g/mol. The van der Waals surface area contributed by atoms with Crippen molar-refractivity contribution in [2.45, 2.75) is 70.4 Å². The van der Waals surface area contributed by atoms with Crippen molar-refractivity contribution in [2.75, 3.05) is 7.11 Å². The molecule has 15 heavy (non-hydrogen) atoms. The van der Waals surface area contributed by atoms with E-state index in [9.17, 15) is 0 Å². The minimum absolute atomic E-state index is 0.0232. The molecule has 0 aromatic heterocycles. The highest BCUT2D eigenvalue weighted by Crippen LogP contribution is 2.29. The topological polar surface area (TPSA) is 35.2 Å². The monoisotopic (exact) mass is 213 g/mol. The minimum Gasteiger partial charge on any atom is -0.379 e. The highest BCUT2D eigenvalue weighted by Gasteiger charge is 2.23. The van der Waals surface area contributed by atoms with Gasteiger partial charge in [-0.3, -0.25) is 0 Å². The third-order valence-electron chi connectivity index (χ3n) is 3.87.